The maximum atomic E-state index is 12.3. The first-order valence-corrected chi connectivity index (χ1v) is 8.97. The topological polar surface area (TPSA) is 96.0 Å². The Labute approximate surface area is 162 Å². The lowest BCUT2D eigenvalue weighted by Gasteiger charge is -2.17. The van der Waals surface area contributed by atoms with Gasteiger partial charge in [0.25, 0.3) is 0 Å². The number of nitrogens with one attached hydrogen (secondary N) is 1. The number of benzene rings is 1. The van der Waals surface area contributed by atoms with Gasteiger partial charge in [-0.25, -0.2) is 9.78 Å². The highest BCUT2D eigenvalue weighted by Crippen LogP contribution is 2.26. The minimum absolute atomic E-state index is 0.0223. The number of aryl methyl sites for hydroxylation is 1. The molecular weight excluding hydrogens is 364 g/mol. The summed E-state index contributed by atoms with van der Waals surface area (Å²) in [6.45, 7) is 0.967. The monoisotopic (exact) mass is 386 g/mol. The number of hydrogen-bond acceptors (Lipinski definition) is 7. The predicted molar refractivity (Wildman–Crippen MR) is 101 cm³/mol. The summed E-state index contributed by atoms with van der Waals surface area (Å²) in [5.41, 5.74) is 2.10. The van der Waals surface area contributed by atoms with Crippen LogP contribution in [0.1, 0.15) is 22.3 Å². The van der Waals surface area contributed by atoms with E-state index in [-0.39, 0.29) is 37.2 Å². The first kappa shape index (κ1) is 19.6. The van der Waals surface area contributed by atoms with Crippen molar-refractivity contribution in [3.05, 3.63) is 47.7 Å². The maximum absolute atomic E-state index is 12.3. The number of ether oxygens (including phenoxy) is 4. The number of rotatable bonds is 9. The third-order valence-electron chi connectivity index (χ3n) is 4.07. The lowest BCUT2D eigenvalue weighted by Crippen LogP contribution is -2.19. The Kier molecular flexibility index (Phi) is 6.80. The number of pyridine rings is 1. The Balaban J connectivity index is 1.48. The molecule has 2 aromatic rings. The van der Waals surface area contributed by atoms with Crippen molar-refractivity contribution in [2.75, 3.05) is 38.9 Å². The number of methoxy groups -OCH3 is 1. The molecule has 1 N–H and O–H groups in total. The number of aromatic nitrogens is 1. The molecule has 148 valence electrons. The van der Waals surface area contributed by atoms with Crippen molar-refractivity contribution in [3.63, 3.8) is 0 Å². The first-order valence-electron chi connectivity index (χ1n) is 8.97. The molecule has 8 nitrogen and oxygen atoms in total. The first-order chi connectivity index (χ1) is 13.7. The smallest absolute Gasteiger partial charge is 0.343 e. The fraction of sp³-hybridized carbons (Fsp3) is 0.350. The molecule has 2 heterocycles. The molecule has 3 rings (SSSR count). The molecule has 1 amide bonds. The normalized spacial score (nSPS) is 12.7. The van der Waals surface area contributed by atoms with Crippen LogP contribution in [0, 0.1) is 0 Å². The Morgan fingerprint density at radius 3 is 2.82 bits per heavy atom. The van der Waals surface area contributed by atoms with E-state index in [4.69, 9.17) is 18.9 Å². The molecule has 0 bridgehead atoms. The van der Waals surface area contributed by atoms with E-state index in [1.54, 1.807) is 31.5 Å². The van der Waals surface area contributed by atoms with E-state index in [1.165, 1.54) is 0 Å². The lowest BCUT2D eigenvalue weighted by molar-refractivity contribution is -0.116. The minimum atomic E-state index is -0.530. The molecule has 1 aliphatic rings. The van der Waals surface area contributed by atoms with E-state index >= 15 is 0 Å². The molecule has 0 aliphatic carbocycles. The summed E-state index contributed by atoms with van der Waals surface area (Å²) in [6, 6.07) is 8.71. The van der Waals surface area contributed by atoms with Crippen LogP contribution in [0.15, 0.2) is 36.5 Å². The van der Waals surface area contributed by atoms with Gasteiger partial charge < -0.3 is 24.3 Å². The molecular formula is C20H22N2O6. The van der Waals surface area contributed by atoms with Crippen molar-refractivity contribution in [1.82, 2.24) is 4.98 Å². The van der Waals surface area contributed by atoms with Gasteiger partial charge in [0.05, 0.1) is 6.61 Å². The second-order valence-corrected chi connectivity index (χ2v) is 6.05. The van der Waals surface area contributed by atoms with E-state index in [9.17, 15) is 9.59 Å². The van der Waals surface area contributed by atoms with Gasteiger partial charge in [-0.1, -0.05) is 0 Å². The van der Waals surface area contributed by atoms with Crippen LogP contribution >= 0.6 is 0 Å². The summed E-state index contributed by atoms with van der Waals surface area (Å²) in [4.78, 5) is 27.7. The van der Waals surface area contributed by atoms with Gasteiger partial charge in [-0.3, -0.25) is 4.79 Å². The van der Waals surface area contributed by atoms with Gasteiger partial charge in [-0.05, 0) is 42.3 Å². The molecule has 0 spiro atoms. The number of fused-ring (bicyclic) bond motifs is 1. The van der Waals surface area contributed by atoms with Crippen LogP contribution in [0.2, 0.25) is 0 Å². The SMILES string of the molecule is COCCOc1ncccc1C(=O)OCCOc1ccc2c(c1)CCC(=O)N2. The molecule has 0 saturated carbocycles. The number of nitrogens with zero attached hydrogens (tertiary/aromatic N) is 1. The molecule has 0 saturated heterocycles. The largest absolute Gasteiger partial charge is 0.490 e. The highest BCUT2D eigenvalue weighted by atomic mass is 16.6. The fourth-order valence-electron chi connectivity index (χ4n) is 2.70. The van der Waals surface area contributed by atoms with Crippen LogP contribution in [-0.4, -0.2) is 50.4 Å². The van der Waals surface area contributed by atoms with Gasteiger partial charge in [-0.2, -0.15) is 0 Å². The Hall–Kier alpha value is -3.13. The highest BCUT2D eigenvalue weighted by molar-refractivity contribution is 5.94. The zero-order valence-electron chi connectivity index (χ0n) is 15.6. The molecule has 28 heavy (non-hydrogen) atoms. The molecule has 0 radical (unpaired) electrons. The number of carbonyl (C=O) groups excluding carboxylic acids is 2. The zero-order valence-corrected chi connectivity index (χ0v) is 15.6. The molecule has 1 aliphatic heterocycles. The molecule has 8 heteroatoms. The van der Waals surface area contributed by atoms with Gasteiger partial charge in [0.2, 0.25) is 11.8 Å². The van der Waals surface area contributed by atoms with Crippen LogP contribution in [0.5, 0.6) is 11.6 Å². The van der Waals surface area contributed by atoms with E-state index in [1.807, 2.05) is 12.1 Å². The van der Waals surface area contributed by atoms with E-state index in [2.05, 4.69) is 10.3 Å². The van der Waals surface area contributed by atoms with Crippen molar-refractivity contribution in [2.24, 2.45) is 0 Å². The Morgan fingerprint density at radius 1 is 1.11 bits per heavy atom. The second-order valence-electron chi connectivity index (χ2n) is 6.05. The minimum Gasteiger partial charge on any atom is -0.490 e. The average molecular weight is 386 g/mol. The highest BCUT2D eigenvalue weighted by Gasteiger charge is 2.16. The summed E-state index contributed by atoms with van der Waals surface area (Å²) in [7, 11) is 1.57. The average Bonchev–Trinajstić information content (AvgIpc) is 2.71. The Morgan fingerprint density at radius 2 is 1.96 bits per heavy atom. The number of anilines is 1. The van der Waals surface area contributed by atoms with Gasteiger partial charge >= 0.3 is 5.97 Å². The predicted octanol–water partition coefficient (Wildman–Crippen LogP) is 2.23. The molecule has 1 aromatic carbocycles. The van der Waals surface area contributed by atoms with Crippen LogP contribution in [-0.2, 0) is 20.7 Å². The molecule has 0 atom stereocenters. The number of amides is 1. The van der Waals surface area contributed by atoms with E-state index in [0.29, 0.717) is 25.2 Å². The van der Waals surface area contributed by atoms with Crippen LogP contribution in [0.4, 0.5) is 5.69 Å². The van der Waals surface area contributed by atoms with Crippen LogP contribution in [0.3, 0.4) is 0 Å². The summed E-state index contributed by atoms with van der Waals surface area (Å²) in [5.74, 6) is 0.365. The van der Waals surface area contributed by atoms with E-state index in [0.717, 1.165) is 11.3 Å². The summed E-state index contributed by atoms with van der Waals surface area (Å²) in [5, 5.41) is 2.82. The number of hydrogen-bond donors (Lipinski definition) is 1. The lowest BCUT2D eigenvalue weighted by atomic mass is 10.0. The van der Waals surface area contributed by atoms with Gasteiger partial charge in [-0.15, -0.1) is 0 Å². The third-order valence-corrected chi connectivity index (χ3v) is 4.07. The van der Waals surface area contributed by atoms with Gasteiger partial charge in [0, 0.05) is 25.4 Å². The summed E-state index contributed by atoms with van der Waals surface area (Å²) < 4.78 is 21.2. The summed E-state index contributed by atoms with van der Waals surface area (Å²) in [6.07, 6.45) is 2.69. The van der Waals surface area contributed by atoms with Crippen molar-refractivity contribution < 1.29 is 28.5 Å². The Bertz CT molecular complexity index is 839. The van der Waals surface area contributed by atoms with Crippen LogP contribution < -0.4 is 14.8 Å². The third kappa shape index (κ3) is 5.20. The van der Waals surface area contributed by atoms with Gasteiger partial charge in [0.1, 0.15) is 31.1 Å². The van der Waals surface area contributed by atoms with E-state index < -0.39 is 5.97 Å². The molecule has 1 aromatic heterocycles. The van der Waals surface area contributed by atoms with Crippen molar-refractivity contribution >= 4 is 17.6 Å². The zero-order chi connectivity index (χ0) is 19.8. The number of esters is 1. The van der Waals surface area contributed by atoms with Crippen LogP contribution in [0.25, 0.3) is 0 Å². The van der Waals surface area contributed by atoms with Crippen molar-refractivity contribution in [2.45, 2.75) is 12.8 Å². The maximum Gasteiger partial charge on any atom is 0.343 e. The quantitative estimate of drug-likeness (QED) is 0.521. The number of carbonyl (C=O) groups is 2. The van der Waals surface area contributed by atoms with Crippen molar-refractivity contribution in [1.29, 1.82) is 0 Å². The van der Waals surface area contributed by atoms with Gasteiger partial charge in [0.15, 0.2) is 0 Å². The second kappa shape index (κ2) is 9.70. The standard InChI is InChI=1S/C20H22N2O6/c1-25-9-10-27-19-16(3-2-8-21-19)20(24)28-12-11-26-15-5-6-17-14(13-15)4-7-18(23)22-17/h2-3,5-6,8,13H,4,7,9-12H2,1H3,(H,22,23). The molecule has 0 fully saturated rings. The van der Waals surface area contributed by atoms with Crippen molar-refractivity contribution in [3.8, 4) is 11.6 Å². The fourth-order valence-corrected chi connectivity index (χ4v) is 2.70. The molecule has 0 unspecified atom stereocenters. The summed E-state index contributed by atoms with van der Waals surface area (Å²) >= 11 is 0.